The van der Waals surface area contributed by atoms with E-state index < -0.39 is 83.5 Å². The van der Waals surface area contributed by atoms with Gasteiger partial charge in [-0.3, -0.25) is 19.5 Å². The molecule has 52 heavy (non-hydrogen) atoms. The number of ketones is 2. The van der Waals surface area contributed by atoms with E-state index in [0.29, 0.717) is 12.1 Å². The maximum Gasteiger partial charge on any atom is 0.411 e. The van der Waals surface area contributed by atoms with Crippen molar-refractivity contribution in [3.05, 3.63) is 5.92 Å². The van der Waals surface area contributed by atoms with E-state index in [1.807, 2.05) is 25.9 Å². The van der Waals surface area contributed by atoms with Crippen LogP contribution in [0.3, 0.4) is 0 Å². The van der Waals surface area contributed by atoms with Gasteiger partial charge in [-0.25, -0.2) is 15.5 Å². The molecular weight excluding hydrogens is 753 g/mol. The van der Waals surface area contributed by atoms with Gasteiger partial charge in [0.1, 0.15) is 29.7 Å². The molecule has 0 aromatic heterocycles. The van der Waals surface area contributed by atoms with Crippen molar-refractivity contribution in [3.63, 3.8) is 0 Å². The van der Waals surface area contributed by atoms with Gasteiger partial charge in [0.15, 0.2) is 17.9 Å². The summed E-state index contributed by atoms with van der Waals surface area (Å²) in [6.07, 6.45) is -4.93. The zero-order valence-corrected chi connectivity index (χ0v) is 35.6. The molecule has 0 aromatic rings. The molecule has 4 fully saturated rings. The van der Waals surface area contributed by atoms with E-state index in [2.05, 4.69) is 10.3 Å². The van der Waals surface area contributed by atoms with Crippen LogP contribution in [-0.4, -0.2) is 141 Å². The Labute approximate surface area is 332 Å². The van der Waals surface area contributed by atoms with Gasteiger partial charge >= 0.3 is 12.2 Å². The average molecular weight is 811 g/mol. The van der Waals surface area contributed by atoms with Gasteiger partial charge in [0.05, 0.1) is 30.9 Å². The van der Waals surface area contributed by atoms with Crippen molar-refractivity contribution in [3.8, 4) is 0 Å². The molecule has 0 spiro atoms. The molecule has 291 valence electrons. The van der Waals surface area contributed by atoms with Gasteiger partial charge in [0.25, 0.3) is 0 Å². The number of hydrogen-bond donors (Lipinski definition) is 1. The van der Waals surface area contributed by atoms with Crippen LogP contribution in [0, 0.1) is 23.7 Å². The molecule has 4 saturated heterocycles. The number of carbonyl (C=O) groups is 5. The van der Waals surface area contributed by atoms with Crippen molar-refractivity contribution in [1.29, 1.82) is 0 Å². The number of fused-ring (bicyclic) bond motifs is 4. The number of aliphatic imine (C=N–C) groups is 1. The molecule has 4 heterocycles. The number of esters is 1. The third-order valence-electron chi connectivity index (χ3n) is 11.2. The molecule has 12 atom stereocenters. The van der Waals surface area contributed by atoms with E-state index in [4.69, 9.17) is 28.4 Å². The maximum absolute atomic E-state index is 14.6. The smallest absolute Gasteiger partial charge is 0.411 e. The molecule has 2 amide bonds. The SMILES string of the molecule is CC[C@H]1OC(=O)[C-](C)C(=O)[C@H](C)[C@@H](O[C@@H]2O[C@H](C)C[C@H](N(C)C)[C@H]2OC)[C@@]2(C)C[C@@H](C)C(=O)[C@H](C)[C@H]3N(CC(=NC)CNC(=O)O2)C(=O)O[C@]13C.[Y]. The van der Waals surface area contributed by atoms with Gasteiger partial charge in [-0.1, -0.05) is 27.7 Å². The summed E-state index contributed by atoms with van der Waals surface area (Å²) in [4.78, 5) is 77.8. The van der Waals surface area contributed by atoms with E-state index in [1.165, 1.54) is 18.9 Å². The number of ether oxygens (including phenoxy) is 6. The van der Waals surface area contributed by atoms with E-state index in [0.717, 1.165) is 0 Å². The Bertz CT molecular complexity index is 1380. The molecule has 1 N–H and O–H groups in total. The monoisotopic (exact) mass is 810 g/mol. The first-order valence-corrected chi connectivity index (χ1v) is 17.9. The summed E-state index contributed by atoms with van der Waals surface area (Å²) < 4.78 is 37.2. The minimum Gasteiger partial charge on any atom is -0.480 e. The standard InChI is InChI=1S/C36H57N4O11.Y/c1-13-25-36(8)29-20(4)26(41)18(2)15-35(7,50-33(44)38-16-23(37-9)17-40(29)34(45)51-36)30(21(5)27(42)22(6)31(43)48-25)49-32-28(46-12)24(39(10)11)14-19(3)47-32;/h18-21,24-25,28-30,32H,13-17H2,1-12H3,(H,38,44);/q-1;/t18-,19-,20+,21+,24+,25-,28-,29-,30-,32+,35-,36-;/m1./s1. The second-order valence-electron chi connectivity index (χ2n) is 15.2. The Balaban J connectivity index is 0.00000729. The van der Waals surface area contributed by atoms with Gasteiger partial charge in [0, 0.05) is 76.4 Å². The van der Waals surface area contributed by atoms with Crippen LogP contribution in [0.25, 0.3) is 0 Å². The van der Waals surface area contributed by atoms with Crippen molar-refractivity contribution >= 4 is 35.4 Å². The number of nitrogens with one attached hydrogen (secondary N) is 1. The first-order chi connectivity index (χ1) is 23.8. The number of nitrogens with zero attached hydrogens (tertiary/aromatic N) is 3. The zero-order valence-electron chi connectivity index (χ0n) is 32.7. The number of rotatable bonds is 5. The van der Waals surface area contributed by atoms with E-state index in [-0.39, 0.29) is 82.5 Å². The predicted octanol–water partition coefficient (Wildman–Crippen LogP) is 2.96. The summed E-state index contributed by atoms with van der Waals surface area (Å²) in [6.45, 7) is 13.2. The van der Waals surface area contributed by atoms with Crippen LogP contribution in [0.1, 0.15) is 74.7 Å². The molecular formula is C36H57N4O11Y-. The molecule has 4 rings (SSSR count). The van der Waals surface area contributed by atoms with Gasteiger partial charge in [-0.15, -0.1) is 0 Å². The van der Waals surface area contributed by atoms with E-state index in [1.54, 1.807) is 48.7 Å². The first kappa shape index (κ1) is 44.2. The number of likely N-dealkylation sites (N-methyl/N-ethyl adjacent to an activating group) is 1. The minimum atomic E-state index is -1.65. The number of alkyl carbamates (subject to hydrolysis) is 1. The third kappa shape index (κ3) is 8.70. The largest absolute Gasteiger partial charge is 0.480 e. The molecule has 4 aliphatic rings. The minimum absolute atomic E-state index is 0. The quantitative estimate of drug-likeness (QED) is 0.245. The summed E-state index contributed by atoms with van der Waals surface area (Å²) in [6, 6.07) is -1.02. The summed E-state index contributed by atoms with van der Waals surface area (Å²) in [7, 11) is 6.93. The Morgan fingerprint density at radius 1 is 1.06 bits per heavy atom. The van der Waals surface area contributed by atoms with Crippen LogP contribution in [0.2, 0.25) is 0 Å². The predicted molar refractivity (Wildman–Crippen MR) is 185 cm³/mol. The van der Waals surface area contributed by atoms with Crippen LogP contribution in [0.5, 0.6) is 0 Å². The first-order valence-electron chi connectivity index (χ1n) is 17.9. The fraction of sp³-hybridized carbons (Fsp3) is 0.806. The van der Waals surface area contributed by atoms with Crippen LogP contribution in [-0.2, 0) is 75.5 Å². The summed E-state index contributed by atoms with van der Waals surface area (Å²) in [5.41, 5.74) is -2.72. The van der Waals surface area contributed by atoms with Crippen LogP contribution >= 0.6 is 0 Å². The zero-order chi connectivity index (χ0) is 38.2. The molecule has 0 unspecified atom stereocenters. The fourth-order valence-electron chi connectivity index (χ4n) is 8.51. The average Bonchev–Trinajstić information content (AvgIpc) is 3.33. The Morgan fingerprint density at radius 2 is 1.71 bits per heavy atom. The molecule has 1 radical (unpaired) electrons. The Hall–Kier alpha value is -2.17. The van der Waals surface area contributed by atoms with Crippen molar-refractivity contribution in [1.82, 2.24) is 15.1 Å². The van der Waals surface area contributed by atoms with Crippen LogP contribution in [0.15, 0.2) is 4.99 Å². The maximum atomic E-state index is 14.6. The number of carbonyl (C=O) groups excluding carboxylic acids is 5. The molecule has 0 saturated carbocycles. The van der Waals surface area contributed by atoms with Crippen molar-refractivity contribution in [2.45, 2.75) is 129 Å². The Kier molecular flexibility index (Phi) is 14.9. The van der Waals surface area contributed by atoms with E-state index in [9.17, 15) is 24.0 Å². The third-order valence-corrected chi connectivity index (χ3v) is 11.2. The fourth-order valence-corrected chi connectivity index (χ4v) is 8.51. The topological polar surface area (TPSA) is 172 Å². The van der Waals surface area contributed by atoms with Crippen LogP contribution in [0.4, 0.5) is 9.59 Å². The normalized spacial score (nSPS) is 40.3. The van der Waals surface area contributed by atoms with Crippen molar-refractivity contribution in [2.24, 2.45) is 22.7 Å². The summed E-state index contributed by atoms with van der Waals surface area (Å²) in [5, 5.41) is 2.74. The van der Waals surface area contributed by atoms with Gasteiger partial charge < -0.3 is 43.4 Å². The molecule has 15 nitrogen and oxygen atoms in total. The molecule has 16 heteroatoms. The summed E-state index contributed by atoms with van der Waals surface area (Å²) >= 11 is 0. The Morgan fingerprint density at radius 3 is 2.29 bits per heavy atom. The van der Waals surface area contributed by atoms with Gasteiger partial charge in [-0.2, -0.15) is 6.92 Å². The van der Waals surface area contributed by atoms with Crippen molar-refractivity contribution in [2.75, 3.05) is 41.3 Å². The van der Waals surface area contributed by atoms with Crippen LogP contribution < -0.4 is 5.32 Å². The second kappa shape index (κ2) is 17.5. The number of hydrogen-bond acceptors (Lipinski definition) is 13. The van der Waals surface area contributed by atoms with Gasteiger partial charge in [-0.05, 0) is 54.1 Å². The molecule has 2 bridgehead atoms. The van der Waals surface area contributed by atoms with Crippen molar-refractivity contribution < 1.29 is 85.1 Å². The second-order valence-corrected chi connectivity index (χ2v) is 15.2. The number of Topliss-reactive ketones (excluding diaryl/α,β-unsaturated/α-hetero) is 2. The number of amides is 2. The molecule has 0 aromatic carbocycles. The van der Waals surface area contributed by atoms with Gasteiger partial charge in [0.2, 0.25) is 0 Å². The number of cyclic esters (lactones) is 1. The molecule has 0 aliphatic carbocycles. The summed E-state index contributed by atoms with van der Waals surface area (Å²) in [5.74, 6) is -4.69. The number of methoxy groups -OCH3 is 1. The van der Waals surface area contributed by atoms with E-state index >= 15 is 0 Å². The molecule has 4 aliphatic heterocycles.